The first kappa shape index (κ1) is 15.6. The highest BCUT2D eigenvalue weighted by atomic mass is 14.9. The van der Waals surface area contributed by atoms with Gasteiger partial charge in [-0.2, -0.15) is 0 Å². The van der Waals surface area contributed by atoms with Gasteiger partial charge in [0.15, 0.2) is 0 Å². The van der Waals surface area contributed by atoms with E-state index in [-0.39, 0.29) is 0 Å². The zero-order valence-corrected chi connectivity index (χ0v) is 13.5. The van der Waals surface area contributed by atoms with Gasteiger partial charge in [0.2, 0.25) is 0 Å². The van der Waals surface area contributed by atoms with Crippen molar-refractivity contribution >= 4 is 0 Å². The average Bonchev–Trinajstić information content (AvgIpc) is 2.45. The predicted octanol–water partition coefficient (Wildman–Crippen LogP) is 4.90. The van der Waals surface area contributed by atoms with Crippen molar-refractivity contribution in [3.05, 3.63) is 35.4 Å². The first-order chi connectivity index (χ1) is 9.68. The Morgan fingerprint density at radius 2 is 1.75 bits per heavy atom. The van der Waals surface area contributed by atoms with Crippen LogP contribution in [0.4, 0.5) is 0 Å². The van der Waals surface area contributed by atoms with Crippen LogP contribution in [0.1, 0.15) is 63.0 Å². The Balaban J connectivity index is 2.08. The lowest BCUT2D eigenvalue weighted by Gasteiger charge is -2.32. The molecule has 0 spiro atoms. The van der Waals surface area contributed by atoms with Crippen LogP contribution in [0.2, 0.25) is 0 Å². The largest absolute Gasteiger partial charge is 0.316 e. The Morgan fingerprint density at radius 3 is 2.40 bits per heavy atom. The van der Waals surface area contributed by atoms with Crippen molar-refractivity contribution in [3.8, 4) is 0 Å². The van der Waals surface area contributed by atoms with Gasteiger partial charge in [-0.1, -0.05) is 57.4 Å². The molecular formula is C19H31N. The van der Waals surface area contributed by atoms with E-state index in [1.165, 1.54) is 37.7 Å². The third-order valence-electron chi connectivity index (χ3n) is 4.72. The number of benzene rings is 1. The Hall–Kier alpha value is -0.820. The molecule has 1 N–H and O–H groups in total. The summed E-state index contributed by atoms with van der Waals surface area (Å²) in [6, 6.07) is 9.00. The number of nitrogens with one attached hydrogen (secondary N) is 1. The normalized spacial score (nSPS) is 18.4. The van der Waals surface area contributed by atoms with E-state index in [0.717, 1.165) is 24.9 Å². The Kier molecular flexibility index (Phi) is 6.09. The van der Waals surface area contributed by atoms with Crippen molar-refractivity contribution in [2.75, 3.05) is 13.1 Å². The van der Waals surface area contributed by atoms with E-state index < -0.39 is 0 Å². The SMILES string of the molecule is Cc1ccccc1C(CNCC(C)C)C1CCCCC1. The summed E-state index contributed by atoms with van der Waals surface area (Å²) in [6.45, 7) is 9.13. The summed E-state index contributed by atoms with van der Waals surface area (Å²) in [7, 11) is 0. The molecule has 1 aliphatic rings. The molecule has 0 bridgehead atoms. The van der Waals surface area contributed by atoms with Crippen molar-refractivity contribution < 1.29 is 0 Å². The molecule has 1 heteroatoms. The van der Waals surface area contributed by atoms with Crippen molar-refractivity contribution in [1.82, 2.24) is 5.32 Å². The number of rotatable bonds is 6. The lowest BCUT2D eigenvalue weighted by Crippen LogP contribution is -2.30. The van der Waals surface area contributed by atoms with Gasteiger partial charge >= 0.3 is 0 Å². The van der Waals surface area contributed by atoms with Crippen LogP contribution in [0.25, 0.3) is 0 Å². The van der Waals surface area contributed by atoms with E-state index in [9.17, 15) is 0 Å². The molecule has 2 rings (SSSR count). The van der Waals surface area contributed by atoms with Crippen LogP contribution in [-0.2, 0) is 0 Å². The molecule has 1 fully saturated rings. The van der Waals surface area contributed by atoms with Crippen LogP contribution < -0.4 is 5.32 Å². The average molecular weight is 273 g/mol. The zero-order chi connectivity index (χ0) is 14.4. The molecule has 112 valence electrons. The summed E-state index contributed by atoms with van der Waals surface area (Å²) in [5, 5.41) is 3.71. The monoisotopic (exact) mass is 273 g/mol. The van der Waals surface area contributed by atoms with Gasteiger partial charge in [-0.25, -0.2) is 0 Å². The smallest absolute Gasteiger partial charge is 0.00230 e. The fraction of sp³-hybridized carbons (Fsp3) is 0.684. The van der Waals surface area contributed by atoms with E-state index >= 15 is 0 Å². The molecule has 1 nitrogen and oxygen atoms in total. The molecule has 0 saturated heterocycles. The highest BCUT2D eigenvalue weighted by molar-refractivity contribution is 5.30. The second-order valence-corrected chi connectivity index (χ2v) is 6.91. The highest BCUT2D eigenvalue weighted by Gasteiger charge is 2.25. The Labute approximate surface area is 125 Å². The summed E-state index contributed by atoms with van der Waals surface area (Å²) in [5.41, 5.74) is 3.05. The molecule has 1 aromatic carbocycles. The molecule has 1 aliphatic carbocycles. The third kappa shape index (κ3) is 4.34. The van der Waals surface area contributed by atoms with Crippen molar-refractivity contribution in [1.29, 1.82) is 0 Å². The highest BCUT2D eigenvalue weighted by Crippen LogP contribution is 2.36. The summed E-state index contributed by atoms with van der Waals surface area (Å²) in [4.78, 5) is 0. The molecule has 1 saturated carbocycles. The van der Waals surface area contributed by atoms with E-state index in [4.69, 9.17) is 0 Å². The van der Waals surface area contributed by atoms with Gasteiger partial charge in [-0.3, -0.25) is 0 Å². The minimum atomic E-state index is 0.704. The predicted molar refractivity (Wildman–Crippen MR) is 88.2 cm³/mol. The van der Waals surface area contributed by atoms with E-state index in [0.29, 0.717) is 5.92 Å². The molecule has 0 heterocycles. The van der Waals surface area contributed by atoms with Crippen LogP contribution in [0.3, 0.4) is 0 Å². The van der Waals surface area contributed by atoms with Crippen molar-refractivity contribution in [2.45, 2.75) is 58.8 Å². The fourth-order valence-electron chi connectivity index (χ4n) is 3.60. The molecule has 20 heavy (non-hydrogen) atoms. The van der Waals surface area contributed by atoms with Gasteiger partial charge in [-0.05, 0) is 55.2 Å². The number of hydrogen-bond acceptors (Lipinski definition) is 1. The minimum Gasteiger partial charge on any atom is -0.316 e. The molecule has 0 amide bonds. The maximum atomic E-state index is 3.71. The molecular weight excluding hydrogens is 242 g/mol. The summed E-state index contributed by atoms with van der Waals surface area (Å²) < 4.78 is 0. The Bertz CT molecular complexity index is 391. The standard InChI is InChI=1S/C19H31N/c1-15(2)13-20-14-19(17-10-5-4-6-11-17)18-12-8-7-9-16(18)3/h7-9,12,15,17,19-20H,4-6,10-11,13-14H2,1-3H3. The number of aryl methyl sites for hydroxylation is 1. The molecule has 0 radical (unpaired) electrons. The van der Waals surface area contributed by atoms with Gasteiger partial charge in [0.05, 0.1) is 0 Å². The summed E-state index contributed by atoms with van der Waals surface area (Å²) >= 11 is 0. The maximum absolute atomic E-state index is 3.71. The molecule has 0 aromatic heterocycles. The first-order valence-electron chi connectivity index (χ1n) is 8.44. The van der Waals surface area contributed by atoms with Gasteiger partial charge in [0.25, 0.3) is 0 Å². The lowest BCUT2D eigenvalue weighted by atomic mass is 9.75. The van der Waals surface area contributed by atoms with Crippen LogP contribution in [0.15, 0.2) is 24.3 Å². The molecule has 1 atom stereocenters. The van der Waals surface area contributed by atoms with Crippen LogP contribution >= 0.6 is 0 Å². The van der Waals surface area contributed by atoms with Crippen LogP contribution in [-0.4, -0.2) is 13.1 Å². The lowest BCUT2D eigenvalue weighted by molar-refractivity contribution is 0.294. The van der Waals surface area contributed by atoms with Crippen LogP contribution in [0.5, 0.6) is 0 Å². The first-order valence-corrected chi connectivity index (χ1v) is 8.44. The second-order valence-electron chi connectivity index (χ2n) is 6.91. The van der Waals surface area contributed by atoms with Gasteiger partial charge in [0.1, 0.15) is 0 Å². The van der Waals surface area contributed by atoms with Crippen LogP contribution in [0, 0.1) is 18.8 Å². The maximum Gasteiger partial charge on any atom is 0.00230 e. The molecule has 0 aliphatic heterocycles. The second kappa shape index (κ2) is 7.83. The van der Waals surface area contributed by atoms with Gasteiger partial charge in [0, 0.05) is 6.54 Å². The van der Waals surface area contributed by atoms with Gasteiger partial charge in [-0.15, -0.1) is 0 Å². The topological polar surface area (TPSA) is 12.0 Å². The van der Waals surface area contributed by atoms with E-state index in [1.807, 2.05) is 0 Å². The minimum absolute atomic E-state index is 0.704. The quantitative estimate of drug-likeness (QED) is 0.777. The Morgan fingerprint density at radius 1 is 1.05 bits per heavy atom. The van der Waals surface area contributed by atoms with E-state index in [2.05, 4.69) is 50.4 Å². The van der Waals surface area contributed by atoms with Gasteiger partial charge < -0.3 is 5.32 Å². The van der Waals surface area contributed by atoms with Crippen molar-refractivity contribution in [3.63, 3.8) is 0 Å². The third-order valence-corrected chi connectivity index (χ3v) is 4.72. The zero-order valence-electron chi connectivity index (χ0n) is 13.5. The van der Waals surface area contributed by atoms with E-state index in [1.54, 1.807) is 5.56 Å². The summed E-state index contributed by atoms with van der Waals surface area (Å²) in [5.74, 6) is 2.32. The summed E-state index contributed by atoms with van der Waals surface area (Å²) in [6.07, 6.45) is 7.13. The number of hydrogen-bond donors (Lipinski definition) is 1. The fourth-order valence-corrected chi connectivity index (χ4v) is 3.60. The van der Waals surface area contributed by atoms with Crippen molar-refractivity contribution in [2.24, 2.45) is 11.8 Å². The molecule has 1 unspecified atom stereocenters. The molecule has 1 aromatic rings.